The Kier molecular flexibility index (Phi) is 11.9. The highest BCUT2D eigenvalue weighted by molar-refractivity contribution is 5.94. The summed E-state index contributed by atoms with van der Waals surface area (Å²) in [4.78, 5) is 40.7. The second kappa shape index (κ2) is 14.8. The molecule has 9 nitrogen and oxygen atoms in total. The predicted molar refractivity (Wildman–Crippen MR) is 161 cm³/mol. The van der Waals surface area contributed by atoms with Gasteiger partial charge in [-0.2, -0.15) is 18.1 Å². The van der Waals surface area contributed by atoms with Crippen molar-refractivity contribution in [1.82, 2.24) is 4.90 Å². The third-order valence-electron chi connectivity index (χ3n) is 6.88. The molecule has 0 spiro atoms. The maximum Gasteiger partial charge on any atom is 0.420 e. The number of hydrogen-bond acceptors (Lipinski definition) is 8. The maximum atomic E-state index is 13.6. The largest absolute Gasteiger partial charge is 0.458 e. The third-order valence-corrected chi connectivity index (χ3v) is 6.88. The van der Waals surface area contributed by atoms with E-state index in [4.69, 9.17) is 23.7 Å². The van der Waals surface area contributed by atoms with Crippen LogP contribution >= 0.6 is 0 Å². The minimum Gasteiger partial charge on any atom is -0.458 e. The molecule has 1 fully saturated rings. The molecule has 45 heavy (non-hydrogen) atoms. The van der Waals surface area contributed by atoms with Crippen molar-refractivity contribution in [2.75, 3.05) is 19.8 Å². The van der Waals surface area contributed by atoms with Gasteiger partial charge in [-0.3, -0.25) is 0 Å². The molecule has 0 bridgehead atoms. The molecule has 4 atom stereocenters. The third kappa shape index (κ3) is 11.2. The number of nitrogens with zero attached hydrogens (tertiary/aromatic N) is 1. The second-order valence-electron chi connectivity index (χ2n) is 13.2. The molecule has 3 rings (SSSR count). The molecule has 1 saturated heterocycles. The first-order chi connectivity index (χ1) is 20.8. The number of fused-ring (bicyclic) bond motifs is 1. The summed E-state index contributed by atoms with van der Waals surface area (Å²) in [5.41, 5.74) is -1.07. The van der Waals surface area contributed by atoms with Crippen LogP contribution < -0.4 is 0 Å². The first-order valence-corrected chi connectivity index (χ1v) is 15.0. The second-order valence-corrected chi connectivity index (χ2v) is 13.2. The van der Waals surface area contributed by atoms with Crippen LogP contribution in [0, 0.1) is 5.92 Å². The van der Waals surface area contributed by atoms with Crippen LogP contribution in [0.3, 0.4) is 0 Å². The average Bonchev–Trinajstić information content (AvgIpc) is 2.93. The number of carbonyl (C=O) groups is 3. The number of rotatable bonds is 7. The highest BCUT2D eigenvalue weighted by atomic mass is 19.4. The van der Waals surface area contributed by atoms with Gasteiger partial charge < -0.3 is 23.7 Å². The minimum absolute atomic E-state index is 0.0128. The van der Waals surface area contributed by atoms with E-state index >= 15 is 0 Å². The fourth-order valence-corrected chi connectivity index (χ4v) is 5.03. The summed E-state index contributed by atoms with van der Waals surface area (Å²) >= 11 is 0. The first kappa shape index (κ1) is 36.1. The Labute approximate surface area is 262 Å². The molecule has 2 aromatic carbocycles. The Morgan fingerprint density at radius 1 is 0.911 bits per heavy atom. The molecule has 2 aromatic rings. The van der Waals surface area contributed by atoms with Crippen LogP contribution in [0.25, 0.3) is 10.8 Å². The van der Waals surface area contributed by atoms with Crippen molar-refractivity contribution in [3.8, 4) is 0 Å². The molecular formula is C33H44F3NO8. The minimum atomic E-state index is -4.34. The van der Waals surface area contributed by atoms with Gasteiger partial charge in [0.2, 0.25) is 0 Å². The van der Waals surface area contributed by atoms with Gasteiger partial charge in [-0.15, -0.1) is 0 Å². The molecule has 1 aliphatic heterocycles. The molecule has 1 aliphatic rings. The van der Waals surface area contributed by atoms with Gasteiger partial charge in [0.25, 0.3) is 0 Å². The van der Waals surface area contributed by atoms with Crippen molar-refractivity contribution in [1.29, 1.82) is 0 Å². The van der Waals surface area contributed by atoms with Crippen LogP contribution in [0.4, 0.5) is 22.8 Å². The molecule has 250 valence electrons. The van der Waals surface area contributed by atoms with Gasteiger partial charge in [-0.25, -0.2) is 14.4 Å². The van der Waals surface area contributed by atoms with E-state index in [1.165, 1.54) is 0 Å². The number of amides is 2. The Bertz CT molecular complexity index is 1280. The summed E-state index contributed by atoms with van der Waals surface area (Å²) < 4.78 is 67.2. The molecule has 1 heterocycles. The van der Waals surface area contributed by atoms with Crippen LogP contribution in [-0.4, -0.2) is 78.5 Å². The Morgan fingerprint density at radius 3 is 2.11 bits per heavy atom. The zero-order valence-electron chi connectivity index (χ0n) is 26.9. The molecule has 0 saturated carbocycles. The van der Waals surface area contributed by atoms with Gasteiger partial charge >= 0.3 is 24.3 Å². The van der Waals surface area contributed by atoms with Gasteiger partial charge in [-0.05, 0) is 77.6 Å². The standard InChI is InChI=1S/C33H44F3NO8/c1-21-27(42-17-11-16-33(34,35)36)24(18-23-14-10-13-22-12-8-9-15-25(22)23)19-41-20-26(28(38)43-21)37(29(39)44-31(2,3)4)30(40)45-32(5,6)7/h8-10,12-15,21,24,26-27H,11,16-20H2,1-7H3. The number of alkyl halides is 3. The lowest BCUT2D eigenvalue weighted by molar-refractivity contribution is -0.165. The van der Waals surface area contributed by atoms with Crippen molar-refractivity contribution in [2.24, 2.45) is 5.92 Å². The molecule has 0 aliphatic carbocycles. The summed E-state index contributed by atoms with van der Waals surface area (Å²) in [7, 11) is 0. The normalized spacial score (nSPS) is 21.7. The molecule has 4 unspecified atom stereocenters. The summed E-state index contributed by atoms with van der Waals surface area (Å²) in [5, 5.41) is 1.99. The van der Waals surface area contributed by atoms with E-state index in [0.717, 1.165) is 16.3 Å². The predicted octanol–water partition coefficient (Wildman–Crippen LogP) is 7.23. The van der Waals surface area contributed by atoms with Crippen molar-refractivity contribution >= 4 is 28.9 Å². The van der Waals surface area contributed by atoms with Crippen LogP contribution in [0.5, 0.6) is 0 Å². The van der Waals surface area contributed by atoms with E-state index in [9.17, 15) is 27.6 Å². The Morgan fingerprint density at radius 2 is 1.51 bits per heavy atom. The summed E-state index contributed by atoms with van der Waals surface area (Å²) in [5.74, 6) is -1.45. The average molecular weight is 640 g/mol. The van der Waals surface area contributed by atoms with E-state index < -0.39 is 72.7 Å². The van der Waals surface area contributed by atoms with Gasteiger partial charge in [0.1, 0.15) is 17.3 Å². The SMILES string of the molecule is CC1OC(=O)C(N(C(=O)OC(C)(C)C)C(=O)OC(C)(C)C)COCC(Cc2cccc3ccccc23)C1OCCCC(F)(F)F. The molecule has 0 aromatic heterocycles. The van der Waals surface area contributed by atoms with E-state index in [2.05, 4.69) is 0 Å². The maximum absolute atomic E-state index is 13.6. The molecule has 0 radical (unpaired) electrons. The lowest BCUT2D eigenvalue weighted by Crippen LogP contribution is -2.54. The lowest BCUT2D eigenvalue weighted by Gasteiger charge is -2.33. The van der Waals surface area contributed by atoms with Crippen molar-refractivity contribution in [2.45, 2.75) is 103 Å². The van der Waals surface area contributed by atoms with Crippen molar-refractivity contribution < 1.29 is 51.2 Å². The van der Waals surface area contributed by atoms with Crippen molar-refractivity contribution in [3.05, 3.63) is 48.0 Å². The number of esters is 1. The highest BCUT2D eigenvalue weighted by Crippen LogP contribution is 2.29. The molecular weight excluding hydrogens is 595 g/mol. The Hall–Kier alpha value is -3.38. The highest BCUT2D eigenvalue weighted by Gasteiger charge is 2.44. The smallest absolute Gasteiger partial charge is 0.420 e. The first-order valence-electron chi connectivity index (χ1n) is 15.0. The number of imide groups is 1. The molecule has 2 amide bonds. The zero-order valence-corrected chi connectivity index (χ0v) is 26.9. The topological polar surface area (TPSA) is 101 Å². The summed E-state index contributed by atoms with van der Waals surface area (Å²) in [6.07, 6.45) is -9.35. The lowest BCUT2D eigenvalue weighted by atomic mass is 9.89. The van der Waals surface area contributed by atoms with Crippen LogP contribution in [0.2, 0.25) is 0 Å². The van der Waals surface area contributed by atoms with E-state index in [1.807, 2.05) is 42.5 Å². The summed E-state index contributed by atoms with van der Waals surface area (Å²) in [6.45, 7) is 10.5. The number of cyclic esters (lactones) is 1. The zero-order chi connectivity index (χ0) is 33.6. The molecule has 0 N–H and O–H groups in total. The number of ether oxygens (including phenoxy) is 5. The van der Waals surface area contributed by atoms with E-state index in [-0.39, 0.29) is 19.6 Å². The van der Waals surface area contributed by atoms with Crippen molar-refractivity contribution in [3.63, 3.8) is 0 Å². The van der Waals surface area contributed by atoms with Gasteiger partial charge in [0.15, 0.2) is 6.04 Å². The van der Waals surface area contributed by atoms with Gasteiger partial charge in [0.05, 0.1) is 19.3 Å². The van der Waals surface area contributed by atoms with Crippen LogP contribution in [-0.2, 0) is 34.9 Å². The van der Waals surface area contributed by atoms with Gasteiger partial charge in [0, 0.05) is 18.9 Å². The van der Waals surface area contributed by atoms with Crippen LogP contribution in [0.15, 0.2) is 42.5 Å². The van der Waals surface area contributed by atoms with Crippen LogP contribution in [0.1, 0.15) is 66.9 Å². The number of halogens is 3. The van der Waals surface area contributed by atoms with Gasteiger partial charge in [-0.1, -0.05) is 42.5 Å². The van der Waals surface area contributed by atoms with E-state index in [1.54, 1.807) is 48.5 Å². The fraction of sp³-hybridized carbons (Fsp3) is 0.606. The molecule has 12 heteroatoms. The van der Waals surface area contributed by atoms with E-state index in [0.29, 0.717) is 11.3 Å². The quantitative estimate of drug-likeness (QED) is 0.178. The fourth-order valence-electron chi connectivity index (χ4n) is 5.03. The summed E-state index contributed by atoms with van der Waals surface area (Å²) in [6, 6.07) is 12.0. The number of carbonyl (C=O) groups excluding carboxylic acids is 3. The monoisotopic (exact) mass is 639 g/mol. The number of hydrogen-bond donors (Lipinski definition) is 0. The Balaban J connectivity index is 1.95. The number of benzene rings is 2.